The standard InChI is InChI=1S/C9H16N2O7S/c1-5(9(15)18-2)19(16,17)11-6(8(13)14)3-4-7(10)12/h5-6,11H,3-4H2,1-2H3,(H2,10,12)(H,13,14)/t5?,6-/m1/s1. The number of methoxy groups -OCH3 is 1. The highest BCUT2D eigenvalue weighted by Gasteiger charge is 2.33. The van der Waals surface area contributed by atoms with Crippen molar-refractivity contribution in [1.82, 2.24) is 4.72 Å². The lowest BCUT2D eigenvalue weighted by Gasteiger charge is -2.17. The minimum absolute atomic E-state index is 0.300. The summed E-state index contributed by atoms with van der Waals surface area (Å²) in [6.07, 6.45) is -0.607. The van der Waals surface area contributed by atoms with Crippen molar-refractivity contribution < 1.29 is 32.6 Å². The minimum atomic E-state index is -4.22. The maximum Gasteiger partial charge on any atom is 0.325 e. The number of esters is 1. The first-order valence-electron chi connectivity index (χ1n) is 5.22. The van der Waals surface area contributed by atoms with E-state index in [1.807, 2.05) is 4.72 Å². The van der Waals surface area contributed by atoms with Crippen molar-refractivity contribution in [1.29, 1.82) is 0 Å². The number of ether oxygens (including phenoxy) is 1. The van der Waals surface area contributed by atoms with Crippen molar-refractivity contribution in [3.05, 3.63) is 0 Å². The first kappa shape index (κ1) is 17.3. The number of carbonyl (C=O) groups is 3. The molecular weight excluding hydrogens is 280 g/mol. The summed E-state index contributed by atoms with van der Waals surface area (Å²) in [6.45, 7) is 1.06. The summed E-state index contributed by atoms with van der Waals surface area (Å²) in [5, 5.41) is 7.27. The van der Waals surface area contributed by atoms with Gasteiger partial charge in [-0.2, -0.15) is 0 Å². The number of rotatable bonds is 8. The molecule has 0 aliphatic rings. The van der Waals surface area contributed by atoms with Gasteiger partial charge in [-0.3, -0.25) is 14.4 Å². The Labute approximate surface area is 110 Å². The average Bonchev–Trinajstić information content (AvgIpc) is 2.31. The fourth-order valence-electron chi connectivity index (χ4n) is 1.11. The Morgan fingerprint density at radius 1 is 1.37 bits per heavy atom. The van der Waals surface area contributed by atoms with E-state index in [4.69, 9.17) is 10.8 Å². The zero-order valence-corrected chi connectivity index (χ0v) is 11.3. The Morgan fingerprint density at radius 3 is 2.26 bits per heavy atom. The highest BCUT2D eigenvalue weighted by atomic mass is 32.2. The van der Waals surface area contributed by atoms with E-state index < -0.39 is 39.2 Å². The topological polar surface area (TPSA) is 153 Å². The van der Waals surface area contributed by atoms with E-state index in [1.165, 1.54) is 0 Å². The first-order chi connectivity index (χ1) is 8.61. The maximum atomic E-state index is 11.7. The smallest absolute Gasteiger partial charge is 0.325 e. The summed E-state index contributed by atoms with van der Waals surface area (Å²) in [6, 6.07) is -1.54. The zero-order chi connectivity index (χ0) is 15.2. The van der Waals surface area contributed by atoms with E-state index in [-0.39, 0.29) is 12.8 Å². The monoisotopic (exact) mass is 296 g/mol. The summed E-state index contributed by atoms with van der Waals surface area (Å²) in [5.74, 6) is -3.25. The van der Waals surface area contributed by atoms with E-state index in [9.17, 15) is 22.8 Å². The molecule has 0 radical (unpaired) electrons. The van der Waals surface area contributed by atoms with Crippen LogP contribution in [0.3, 0.4) is 0 Å². The molecule has 0 heterocycles. The van der Waals surface area contributed by atoms with Crippen LogP contribution in [-0.4, -0.2) is 49.8 Å². The second kappa shape index (κ2) is 7.04. The van der Waals surface area contributed by atoms with Crippen LogP contribution < -0.4 is 10.5 Å². The molecule has 0 bridgehead atoms. The van der Waals surface area contributed by atoms with Gasteiger partial charge in [0, 0.05) is 6.42 Å². The number of amides is 1. The maximum absolute atomic E-state index is 11.7. The van der Waals surface area contributed by atoms with Gasteiger partial charge in [-0.05, 0) is 13.3 Å². The number of hydrogen-bond donors (Lipinski definition) is 3. The average molecular weight is 296 g/mol. The fraction of sp³-hybridized carbons (Fsp3) is 0.667. The normalized spacial score (nSPS) is 14.4. The predicted molar refractivity (Wildman–Crippen MR) is 63.4 cm³/mol. The van der Waals surface area contributed by atoms with Crippen LogP contribution >= 0.6 is 0 Å². The van der Waals surface area contributed by atoms with Gasteiger partial charge in [0.25, 0.3) is 0 Å². The Hall–Kier alpha value is -1.68. The molecule has 0 saturated heterocycles. The van der Waals surface area contributed by atoms with Gasteiger partial charge >= 0.3 is 11.9 Å². The molecule has 0 aromatic carbocycles. The Bertz CT molecular complexity index is 459. The molecule has 0 rings (SSSR count). The van der Waals surface area contributed by atoms with E-state index in [2.05, 4.69) is 4.74 Å². The van der Waals surface area contributed by atoms with Gasteiger partial charge in [-0.1, -0.05) is 0 Å². The molecule has 1 amide bonds. The van der Waals surface area contributed by atoms with Crippen LogP contribution in [-0.2, 0) is 29.1 Å². The molecule has 0 spiro atoms. The first-order valence-corrected chi connectivity index (χ1v) is 6.76. The van der Waals surface area contributed by atoms with Crippen LogP contribution in [0.1, 0.15) is 19.8 Å². The summed E-state index contributed by atoms with van der Waals surface area (Å²) >= 11 is 0. The summed E-state index contributed by atoms with van der Waals surface area (Å²) < 4.78 is 29.5. The summed E-state index contributed by atoms with van der Waals surface area (Å²) in [7, 11) is -3.21. The molecule has 19 heavy (non-hydrogen) atoms. The second-order valence-electron chi connectivity index (χ2n) is 3.72. The van der Waals surface area contributed by atoms with Crippen LogP contribution in [0.4, 0.5) is 0 Å². The molecule has 4 N–H and O–H groups in total. The third-order valence-electron chi connectivity index (χ3n) is 2.28. The summed E-state index contributed by atoms with van der Waals surface area (Å²) in [4.78, 5) is 32.5. The van der Waals surface area contributed by atoms with Crippen LogP contribution in [0.15, 0.2) is 0 Å². The SMILES string of the molecule is COC(=O)C(C)S(=O)(=O)N[C@H](CCC(N)=O)C(=O)O. The van der Waals surface area contributed by atoms with Gasteiger partial charge in [-0.25, -0.2) is 13.1 Å². The van der Waals surface area contributed by atoms with Gasteiger partial charge < -0.3 is 15.6 Å². The van der Waals surface area contributed by atoms with E-state index in [1.54, 1.807) is 0 Å². The van der Waals surface area contributed by atoms with Gasteiger partial charge in [0.05, 0.1) is 7.11 Å². The molecule has 0 aliphatic carbocycles. The highest BCUT2D eigenvalue weighted by molar-refractivity contribution is 7.90. The fourth-order valence-corrected chi connectivity index (χ4v) is 2.28. The van der Waals surface area contributed by atoms with E-state index in [0.29, 0.717) is 0 Å². The number of primary amides is 1. The number of carboxylic acids is 1. The quantitative estimate of drug-likeness (QED) is 0.446. The molecule has 0 fully saturated rings. The largest absolute Gasteiger partial charge is 0.480 e. The van der Waals surface area contributed by atoms with Gasteiger partial charge in [0.15, 0.2) is 5.25 Å². The lowest BCUT2D eigenvalue weighted by Crippen LogP contribution is -2.47. The molecule has 1 unspecified atom stereocenters. The van der Waals surface area contributed by atoms with Crippen LogP contribution in [0.2, 0.25) is 0 Å². The molecule has 110 valence electrons. The molecule has 10 heteroatoms. The number of hydrogen-bond acceptors (Lipinski definition) is 6. The Balaban J connectivity index is 4.88. The number of sulfonamides is 1. The van der Waals surface area contributed by atoms with Crippen molar-refractivity contribution >= 4 is 27.9 Å². The lowest BCUT2D eigenvalue weighted by atomic mass is 10.2. The van der Waals surface area contributed by atoms with Crippen molar-refractivity contribution in [3.63, 3.8) is 0 Å². The molecule has 0 aromatic rings. The van der Waals surface area contributed by atoms with Crippen molar-refractivity contribution in [2.45, 2.75) is 31.1 Å². The van der Waals surface area contributed by atoms with E-state index in [0.717, 1.165) is 14.0 Å². The zero-order valence-electron chi connectivity index (χ0n) is 10.5. The number of nitrogens with two attached hydrogens (primary N) is 1. The van der Waals surface area contributed by atoms with Crippen molar-refractivity contribution in [2.75, 3.05) is 7.11 Å². The lowest BCUT2D eigenvalue weighted by molar-refractivity contribution is -0.141. The highest BCUT2D eigenvalue weighted by Crippen LogP contribution is 2.06. The van der Waals surface area contributed by atoms with Gasteiger partial charge in [-0.15, -0.1) is 0 Å². The third-order valence-corrected chi connectivity index (χ3v) is 4.02. The third kappa shape index (κ3) is 5.66. The summed E-state index contributed by atoms with van der Waals surface area (Å²) in [5.41, 5.74) is 4.85. The van der Waals surface area contributed by atoms with Crippen LogP contribution in [0.5, 0.6) is 0 Å². The molecule has 2 atom stereocenters. The Morgan fingerprint density at radius 2 is 1.89 bits per heavy atom. The van der Waals surface area contributed by atoms with E-state index >= 15 is 0 Å². The van der Waals surface area contributed by atoms with Crippen LogP contribution in [0, 0.1) is 0 Å². The van der Waals surface area contributed by atoms with Crippen molar-refractivity contribution in [3.8, 4) is 0 Å². The van der Waals surface area contributed by atoms with Gasteiger partial charge in [0.2, 0.25) is 15.9 Å². The predicted octanol–water partition coefficient (Wildman–Crippen LogP) is -1.81. The molecule has 0 aliphatic heterocycles. The minimum Gasteiger partial charge on any atom is -0.480 e. The number of nitrogens with one attached hydrogen (secondary N) is 1. The number of carboxylic acid groups (broad SMARTS) is 1. The number of aliphatic carboxylic acids is 1. The number of carbonyl (C=O) groups excluding carboxylic acids is 2. The molecular formula is C9H16N2O7S. The van der Waals surface area contributed by atoms with Crippen LogP contribution in [0.25, 0.3) is 0 Å². The second-order valence-corrected chi connectivity index (χ2v) is 5.76. The molecule has 9 nitrogen and oxygen atoms in total. The van der Waals surface area contributed by atoms with Gasteiger partial charge in [0.1, 0.15) is 6.04 Å². The molecule has 0 aromatic heterocycles. The molecule has 0 saturated carbocycles. The Kier molecular flexibility index (Phi) is 6.42. The van der Waals surface area contributed by atoms with Crippen molar-refractivity contribution in [2.24, 2.45) is 5.73 Å².